The summed E-state index contributed by atoms with van der Waals surface area (Å²) in [5.74, 6) is 1.15. The molecule has 2 aromatic heterocycles. The van der Waals surface area contributed by atoms with Crippen molar-refractivity contribution in [3.05, 3.63) is 94.5 Å². The summed E-state index contributed by atoms with van der Waals surface area (Å²) < 4.78 is 6.90. The Morgan fingerprint density at radius 3 is 2.33 bits per heavy atom. The lowest BCUT2D eigenvalue weighted by Gasteiger charge is -2.16. The molecule has 0 radical (unpaired) electrons. The number of pyridine rings is 2. The van der Waals surface area contributed by atoms with Gasteiger partial charge in [-0.3, -0.25) is 4.79 Å². The van der Waals surface area contributed by atoms with E-state index in [4.69, 9.17) is 16.2 Å². The van der Waals surface area contributed by atoms with Crippen LogP contribution in [-0.4, -0.2) is 16.7 Å². The molecule has 0 saturated carbocycles. The van der Waals surface area contributed by atoms with Crippen LogP contribution in [0.5, 0.6) is 5.75 Å². The van der Waals surface area contributed by atoms with E-state index in [1.807, 2.05) is 81.6 Å². The van der Waals surface area contributed by atoms with Crippen LogP contribution in [-0.2, 0) is 6.54 Å². The van der Waals surface area contributed by atoms with Crippen molar-refractivity contribution in [1.29, 1.82) is 0 Å². The summed E-state index contributed by atoms with van der Waals surface area (Å²) >= 11 is 0. The quantitative estimate of drug-likeness (QED) is 0.418. The summed E-state index contributed by atoms with van der Waals surface area (Å²) in [6.45, 7) is 6.38. The average Bonchev–Trinajstić information content (AvgIpc) is 2.83. The summed E-state index contributed by atoms with van der Waals surface area (Å²) in [4.78, 5) is 17.3. The van der Waals surface area contributed by atoms with Gasteiger partial charge in [-0.25, -0.2) is 4.98 Å². The van der Waals surface area contributed by atoms with E-state index in [1.54, 1.807) is 23.9 Å². The maximum Gasteiger partial charge on any atom is 0.251 e. The molecule has 2 aromatic carbocycles. The molecule has 4 N–H and O–H groups in total. The first-order valence-electron chi connectivity index (χ1n) is 10.9. The van der Waals surface area contributed by atoms with Gasteiger partial charge in [0, 0.05) is 40.8 Å². The Kier molecular flexibility index (Phi) is 7.51. The molecule has 6 heteroatoms. The molecule has 0 aliphatic carbocycles. The molecule has 2 heterocycles. The van der Waals surface area contributed by atoms with Gasteiger partial charge in [-0.05, 0) is 53.9 Å². The molecule has 4 rings (SSSR count). The first kappa shape index (κ1) is 23.6. The van der Waals surface area contributed by atoms with Gasteiger partial charge in [-0.2, -0.15) is 0 Å². The number of ether oxygens (including phenoxy) is 1. The van der Waals surface area contributed by atoms with Crippen LogP contribution in [0.2, 0.25) is 0 Å². The van der Waals surface area contributed by atoms with Gasteiger partial charge in [-0.1, -0.05) is 38.1 Å². The van der Waals surface area contributed by atoms with Gasteiger partial charge in [0.2, 0.25) is 0 Å². The van der Waals surface area contributed by atoms with E-state index >= 15 is 0 Å². The molecule has 0 bridgehead atoms. The summed E-state index contributed by atoms with van der Waals surface area (Å²) in [6, 6.07) is 18.8. The number of nitrogen functional groups attached to an aromatic ring is 2. The lowest BCUT2D eigenvalue weighted by atomic mass is 9.95. The van der Waals surface area contributed by atoms with Crippen molar-refractivity contribution in [2.45, 2.75) is 27.3 Å². The van der Waals surface area contributed by atoms with Crippen LogP contribution >= 0.6 is 0 Å². The van der Waals surface area contributed by atoms with E-state index in [1.165, 1.54) is 0 Å². The maximum absolute atomic E-state index is 13.0. The lowest BCUT2D eigenvalue weighted by molar-refractivity contribution is 0.414. The molecular formula is C27H30N4O2. The monoisotopic (exact) mass is 442 g/mol. The molecule has 0 fully saturated rings. The second-order valence-electron chi connectivity index (χ2n) is 7.49. The second-order valence-corrected chi connectivity index (χ2v) is 7.49. The SMILES string of the molecule is CC.COc1ccc(Cn2cc(-c3cccc(N)c3)c(-c3cc(C)cnc3N)cc2=O)cc1. The third-order valence-corrected chi connectivity index (χ3v) is 5.18. The third-order valence-electron chi connectivity index (χ3n) is 5.18. The first-order chi connectivity index (χ1) is 15.9. The highest BCUT2D eigenvalue weighted by molar-refractivity contribution is 5.87. The topological polar surface area (TPSA) is 96.2 Å². The molecule has 0 atom stereocenters. The zero-order chi connectivity index (χ0) is 24.0. The summed E-state index contributed by atoms with van der Waals surface area (Å²) in [5, 5.41) is 0. The van der Waals surface area contributed by atoms with Crippen molar-refractivity contribution >= 4 is 11.5 Å². The van der Waals surface area contributed by atoms with E-state index in [2.05, 4.69) is 4.98 Å². The minimum Gasteiger partial charge on any atom is -0.497 e. The van der Waals surface area contributed by atoms with Crippen LogP contribution in [0.4, 0.5) is 11.5 Å². The fraction of sp³-hybridized carbons (Fsp3) is 0.185. The number of aryl methyl sites for hydroxylation is 1. The van der Waals surface area contributed by atoms with Gasteiger partial charge in [0.05, 0.1) is 13.7 Å². The molecule has 0 spiro atoms. The zero-order valence-corrected chi connectivity index (χ0v) is 19.5. The van der Waals surface area contributed by atoms with Crippen molar-refractivity contribution < 1.29 is 4.74 Å². The molecule has 0 saturated heterocycles. The number of hydrogen-bond acceptors (Lipinski definition) is 5. The van der Waals surface area contributed by atoms with Crippen LogP contribution < -0.4 is 21.8 Å². The highest BCUT2D eigenvalue weighted by atomic mass is 16.5. The van der Waals surface area contributed by atoms with Crippen LogP contribution in [0, 0.1) is 6.92 Å². The fourth-order valence-corrected chi connectivity index (χ4v) is 3.58. The summed E-state index contributed by atoms with van der Waals surface area (Å²) in [7, 11) is 1.63. The standard InChI is InChI=1S/C25H24N4O2.C2H6/c1-16-10-22(25(27)28-13-16)21-12-24(30)29(14-17-6-8-20(31-2)9-7-17)15-23(21)18-4-3-5-19(26)11-18;1-2/h3-13,15H,14,26H2,1-2H3,(H2,27,28);1-2H3. The van der Waals surface area contributed by atoms with Gasteiger partial charge in [0.25, 0.3) is 5.56 Å². The summed E-state index contributed by atoms with van der Waals surface area (Å²) in [5.41, 5.74) is 17.9. The molecule has 0 unspecified atom stereocenters. The normalized spacial score (nSPS) is 10.3. The molecule has 0 aliphatic heterocycles. The molecule has 170 valence electrons. The van der Waals surface area contributed by atoms with Gasteiger partial charge in [0.1, 0.15) is 11.6 Å². The van der Waals surface area contributed by atoms with Crippen LogP contribution in [0.15, 0.2) is 77.9 Å². The highest BCUT2D eigenvalue weighted by Crippen LogP contribution is 2.34. The maximum atomic E-state index is 13.0. The number of nitrogens with zero attached hydrogens (tertiary/aromatic N) is 2. The Morgan fingerprint density at radius 1 is 0.939 bits per heavy atom. The Balaban J connectivity index is 0.00000149. The molecule has 4 aromatic rings. The number of hydrogen-bond donors (Lipinski definition) is 2. The van der Waals surface area contributed by atoms with E-state index in [0.717, 1.165) is 39.1 Å². The van der Waals surface area contributed by atoms with Crippen molar-refractivity contribution in [3.8, 4) is 28.0 Å². The van der Waals surface area contributed by atoms with E-state index in [-0.39, 0.29) is 5.56 Å². The smallest absolute Gasteiger partial charge is 0.251 e. The Labute approximate surface area is 194 Å². The minimum absolute atomic E-state index is 0.126. The van der Waals surface area contributed by atoms with Crippen molar-refractivity contribution in [2.24, 2.45) is 0 Å². The average molecular weight is 443 g/mol. The number of anilines is 2. The van der Waals surface area contributed by atoms with E-state index < -0.39 is 0 Å². The van der Waals surface area contributed by atoms with Crippen LogP contribution in [0.1, 0.15) is 25.0 Å². The Bertz CT molecular complexity index is 1290. The van der Waals surface area contributed by atoms with Crippen molar-refractivity contribution in [1.82, 2.24) is 9.55 Å². The molecule has 6 nitrogen and oxygen atoms in total. The molecule has 0 aliphatic rings. The fourth-order valence-electron chi connectivity index (χ4n) is 3.58. The van der Waals surface area contributed by atoms with Gasteiger partial charge < -0.3 is 20.8 Å². The van der Waals surface area contributed by atoms with Crippen LogP contribution in [0.3, 0.4) is 0 Å². The molecule has 33 heavy (non-hydrogen) atoms. The third kappa shape index (κ3) is 5.41. The number of nitrogens with two attached hydrogens (primary N) is 2. The number of rotatable bonds is 5. The lowest BCUT2D eigenvalue weighted by Crippen LogP contribution is -2.20. The first-order valence-corrected chi connectivity index (χ1v) is 10.9. The largest absolute Gasteiger partial charge is 0.497 e. The van der Waals surface area contributed by atoms with Crippen molar-refractivity contribution in [3.63, 3.8) is 0 Å². The van der Waals surface area contributed by atoms with E-state index in [9.17, 15) is 4.79 Å². The zero-order valence-electron chi connectivity index (χ0n) is 19.5. The van der Waals surface area contributed by atoms with Gasteiger partial charge in [-0.15, -0.1) is 0 Å². The molecule has 0 amide bonds. The second kappa shape index (κ2) is 10.5. The Morgan fingerprint density at radius 2 is 1.67 bits per heavy atom. The van der Waals surface area contributed by atoms with Gasteiger partial charge >= 0.3 is 0 Å². The predicted molar refractivity (Wildman–Crippen MR) is 136 cm³/mol. The van der Waals surface area contributed by atoms with Gasteiger partial charge in [0.15, 0.2) is 0 Å². The Hall–Kier alpha value is -4.06. The van der Waals surface area contributed by atoms with Crippen LogP contribution in [0.25, 0.3) is 22.3 Å². The molecular weight excluding hydrogens is 412 g/mol. The predicted octanol–water partition coefficient (Wildman–Crippen LogP) is 5.13. The summed E-state index contributed by atoms with van der Waals surface area (Å²) in [6.07, 6.45) is 3.57. The number of aromatic nitrogens is 2. The van der Waals surface area contributed by atoms with Crippen molar-refractivity contribution in [2.75, 3.05) is 18.6 Å². The van der Waals surface area contributed by atoms with E-state index in [0.29, 0.717) is 18.1 Å². The highest BCUT2D eigenvalue weighted by Gasteiger charge is 2.15. The number of benzene rings is 2. The minimum atomic E-state index is -0.126. The number of methoxy groups -OCH3 is 1.